The first-order valence-electron chi connectivity index (χ1n) is 17.4. The van der Waals surface area contributed by atoms with Crippen LogP contribution in [0.5, 0.6) is 0 Å². The van der Waals surface area contributed by atoms with Crippen LogP contribution in [0.1, 0.15) is 0 Å². The molecule has 50 heavy (non-hydrogen) atoms. The van der Waals surface area contributed by atoms with E-state index in [-0.39, 0.29) is 0 Å². The molecule has 0 saturated heterocycles. The molecule has 10 rings (SSSR count). The SMILES string of the molecule is c1ccc(-c2ccc(-c3ccc4ccc5c(-c6ccc(-c7ccccc7)c7c(-c8ccccc8)cccc67)ccc6ccc3c4c65)cc2)cc1. The second kappa shape index (κ2) is 11.6. The van der Waals surface area contributed by atoms with E-state index in [9.17, 15) is 0 Å². The summed E-state index contributed by atoms with van der Waals surface area (Å²) in [6, 6.07) is 71.2. The van der Waals surface area contributed by atoms with Gasteiger partial charge in [0.25, 0.3) is 0 Å². The molecule has 0 N–H and O–H groups in total. The van der Waals surface area contributed by atoms with Crippen molar-refractivity contribution in [1.29, 1.82) is 0 Å². The molecule has 0 bridgehead atoms. The summed E-state index contributed by atoms with van der Waals surface area (Å²) in [7, 11) is 0. The van der Waals surface area contributed by atoms with Crippen LogP contribution in [0.2, 0.25) is 0 Å². The minimum atomic E-state index is 1.23. The molecule has 0 aliphatic heterocycles. The van der Waals surface area contributed by atoms with E-state index in [1.54, 1.807) is 0 Å². The van der Waals surface area contributed by atoms with Gasteiger partial charge in [0, 0.05) is 0 Å². The Morgan fingerprint density at radius 1 is 0.180 bits per heavy atom. The molecule has 0 spiro atoms. The molecule has 0 radical (unpaired) electrons. The van der Waals surface area contributed by atoms with Crippen molar-refractivity contribution in [2.75, 3.05) is 0 Å². The van der Waals surface area contributed by atoms with Crippen LogP contribution >= 0.6 is 0 Å². The van der Waals surface area contributed by atoms with Crippen LogP contribution in [0, 0.1) is 0 Å². The fraction of sp³-hybridized carbons (Fsp3) is 0. The van der Waals surface area contributed by atoms with E-state index in [2.05, 4.69) is 194 Å². The van der Waals surface area contributed by atoms with Gasteiger partial charge in [-0.25, -0.2) is 0 Å². The summed E-state index contributed by atoms with van der Waals surface area (Å²) < 4.78 is 0. The third kappa shape index (κ3) is 4.54. The lowest BCUT2D eigenvalue weighted by Gasteiger charge is -2.19. The molecule has 0 heterocycles. The molecule has 0 aromatic heterocycles. The summed E-state index contributed by atoms with van der Waals surface area (Å²) >= 11 is 0. The Morgan fingerprint density at radius 2 is 0.560 bits per heavy atom. The molecular weight excluding hydrogens is 601 g/mol. The molecule has 0 atom stereocenters. The van der Waals surface area contributed by atoms with Crippen molar-refractivity contribution in [3.63, 3.8) is 0 Å². The van der Waals surface area contributed by atoms with Gasteiger partial charge < -0.3 is 0 Å². The Morgan fingerprint density at radius 3 is 1.16 bits per heavy atom. The van der Waals surface area contributed by atoms with E-state index in [4.69, 9.17) is 0 Å². The highest BCUT2D eigenvalue weighted by Gasteiger charge is 2.18. The standard InChI is InChI=1S/C50H32/c1-4-11-33(12-5-1)34-19-21-37(22-20-34)40-27-23-38-26-30-47-43(28-24-39-25-29-46(40)48(38)49(39)47)44-32-31-42(36-15-8-3-9-16-36)50-41(17-10-18-45(44)50)35-13-6-2-7-14-35/h1-32H. The molecular formula is C50H32. The Kier molecular flexibility index (Phi) is 6.60. The van der Waals surface area contributed by atoms with Gasteiger partial charge >= 0.3 is 0 Å². The van der Waals surface area contributed by atoms with E-state index < -0.39 is 0 Å². The molecule has 0 aliphatic rings. The maximum Gasteiger partial charge on any atom is -0.00203 e. The fourth-order valence-corrected chi connectivity index (χ4v) is 8.12. The molecule has 10 aromatic carbocycles. The van der Waals surface area contributed by atoms with E-state index in [1.807, 2.05) is 0 Å². The average Bonchev–Trinajstić information content (AvgIpc) is 3.20. The van der Waals surface area contributed by atoms with Gasteiger partial charge in [0.1, 0.15) is 0 Å². The summed E-state index contributed by atoms with van der Waals surface area (Å²) in [5.41, 5.74) is 12.5. The van der Waals surface area contributed by atoms with Gasteiger partial charge in [0.05, 0.1) is 0 Å². The van der Waals surface area contributed by atoms with Crippen LogP contribution in [0.3, 0.4) is 0 Å². The topological polar surface area (TPSA) is 0 Å². The lowest BCUT2D eigenvalue weighted by Crippen LogP contribution is -1.92. The predicted octanol–water partition coefficient (Wildman–Crippen LogP) is 14.1. The monoisotopic (exact) mass is 632 g/mol. The normalized spacial score (nSPS) is 11.6. The third-order valence-electron chi connectivity index (χ3n) is 10.5. The van der Waals surface area contributed by atoms with Gasteiger partial charge in [-0.2, -0.15) is 0 Å². The maximum atomic E-state index is 2.34. The number of hydrogen-bond donors (Lipinski definition) is 0. The van der Waals surface area contributed by atoms with Crippen molar-refractivity contribution < 1.29 is 0 Å². The number of benzene rings is 10. The fourth-order valence-electron chi connectivity index (χ4n) is 8.12. The molecule has 0 unspecified atom stereocenters. The molecule has 0 heteroatoms. The van der Waals surface area contributed by atoms with Crippen LogP contribution < -0.4 is 0 Å². The summed E-state index contributed by atoms with van der Waals surface area (Å²) in [6.45, 7) is 0. The summed E-state index contributed by atoms with van der Waals surface area (Å²) in [5, 5.41) is 10.3. The largest absolute Gasteiger partial charge is 0.0622 e. The zero-order valence-electron chi connectivity index (χ0n) is 27.5. The Hall–Kier alpha value is -6.50. The van der Waals surface area contributed by atoms with E-state index in [1.165, 1.54) is 98.7 Å². The third-order valence-corrected chi connectivity index (χ3v) is 10.5. The van der Waals surface area contributed by atoms with Crippen LogP contribution in [0.25, 0.3) is 98.7 Å². The highest BCUT2D eigenvalue weighted by atomic mass is 14.2. The molecule has 0 nitrogen and oxygen atoms in total. The summed E-state index contributed by atoms with van der Waals surface area (Å²) in [5.74, 6) is 0. The van der Waals surface area contributed by atoms with Crippen LogP contribution in [-0.4, -0.2) is 0 Å². The van der Waals surface area contributed by atoms with Gasteiger partial charge in [0.2, 0.25) is 0 Å². The Bertz CT molecular complexity index is 2770. The lowest BCUT2D eigenvalue weighted by atomic mass is 9.84. The smallest absolute Gasteiger partial charge is 0.00203 e. The van der Waals surface area contributed by atoms with E-state index in [0.29, 0.717) is 0 Å². The van der Waals surface area contributed by atoms with E-state index >= 15 is 0 Å². The second-order valence-electron chi connectivity index (χ2n) is 13.2. The first-order chi connectivity index (χ1) is 24.8. The van der Waals surface area contributed by atoms with Gasteiger partial charge in [0.15, 0.2) is 0 Å². The number of fused-ring (bicyclic) bond motifs is 1. The second-order valence-corrected chi connectivity index (χ2v) is 13.2. The van der Waals surface area contributed by atoms with Crippen molar-refractivity contribution in [3.05, 3.63) is 194 Å². The van der Waals surface area contributed by atoms with Crippen molar-refractivity contribution in [2.45, 2.75) is 0 Å². The summed E-state index contributed by atoms with van der Waals surface area (Å²) in [6.07, 6.45) is 0. The van der Waals surface area contributed by atoms with Crippen LogP contribution in [0.4, 0.5) is 0 Å². The molecule has 10 aromatic rings. The zero-order valence-corrected chi connectivity index (χ0v) is 27.5. The number of hydrogen-bond acceptors (Lipinski definition) is 0. The van der Waals surface area contributed by atoms with Crippen molar-refractivity contribution in [2.24, 2.45) is 0 Å². The zero-order chi connectivity index (χ0) is 33.0. The number of rotatable bonds is 5. The van der Waals surface area contributed by atoms with Crippen LogP contribution in [-0.2, 0) is 0 Å². The van der Waals surface area contributed by atoms with Crippen molar-refractivity contribution in [3.8, 4) is 55.6 Å². The molecule has 0 amide bonds. The quantitative estimate of drug-likeness (QED) is 0.166. The van der Waals surface area contributed by atoms with Gasteiger partial charge in [-0.05, 0) is 98.7 Å². The maximum absolute atomic E-state index is 2.34. The molecule has 0 aliphatic carbocycles. The van der Waals surface area contributed by atoms with Crippen molar-refractivity contribution in [1.82, 2.24) is 0 Å². The van der Waals surface area contributed by atoms with Gasteiger partial charge in [-0.3, -0.25) is 0 Å². The minimum absolute atomic E-state index is 1.23. The highest BCUT2D eigenvalue weighted by Crippen LogP contribution is 2.46. The molecule has 232 valence electrons. The minimum Gasteiger partial charge on any atom is -0.0622 e. The van der Waals surface area contributed by atoms with Crippen molar-refractivity contribution >= 4 is 43.1 Å². The van der Waals surface area contributed by atoms with Crippen LogP contribution in [0.15, 0.2) is 194 Å². The predicted molar refractivity (Wildman–Crippen MR) is 215 cm³/mol. The first kappa shape index (κ1) is 28.5. The summed E-state index contributed by atoms with van der Waals surface area (Å²) in [4.78, 5) is 0. The lowest BCUT2D eigenvalue weighted by molar-refractivity contribution is 1.61. The van der Waals surface area contributed by atoms with E-state index in [0.717, 1.165) is 0 Å². The Balaban J connectivity index is 1.20. The first-order valence-corrected chi connectivity index (χ1v) is 17.4. The molecule has 0 saturated carbocycles. The Labute approximate surface area is 291 Å². The average molecular weight is 633 g/mol. The highest BCUT2D eigenvalue weighted by molar-refractivity contribution is 6.28. The van der Waals surface area contributed by atoms with Gasteiger partial charge in [-0.1, -0.05) is 194 Å². The molecule has 0 fully saturated rings. The van der Waals surface area contributed by atoms with Gasteiger partial charge in [-0.15, -0.1) is 0 Å².